The number of aliphatic hydroxyl groups is 1. The minimum absolute atomic E-state index is 0.00208. The van der Waals surface area contributed by atoms with Crippen LogP contribution in [-0.4, -0.2) is 129 Å². The van der Waals surface area contributed by atoms with Crippen LogP contribution in [0.3, 0.4) is 0 Å². The number of benzene rings is 1. The Labute approximate surface area is 394 Å². The maximum atomic E-state index is 14.3. The first-order valence-corrected chi connectivity index (χ1v) is 25.2. The van der Waals surface area contributed by atoms with Gasteiger partial charge in [-0.25, -0.2) is 9.55 Å². The zero-order valence-electron chi connectivity index (χ0n) is 39.7. The predicted molar refractivity (Wildman–Crippen MR) is 249 cm³/mol. The minimum Gasteiger partial charge on any atom is -0.394 e. The van der Waals surface area contributed by atoms with E-state index in [2.05, 4.69) is 44.4 Å². The standard InChI is InChI=1S/C47H75N6O13P/c1-33(2)26-39(50-47(60)41-19-15-22-53(41)44(57)20-23-65-25-24-64-4)42(55)28-36(46(59)51-40(31-54)43(56)29-38(45(48)58)34(3)66-67(61,62)63)27-37-30-49-32-52(37)21-14-9-7-5-6-8-11-16-35-17-12-10-13-18-35/h10,12-13,17-18,30,32-34,36,38-41,54H,5-9,11,14-16,19-29,31H2,1-4H3,(H2,48,58)(H,50,60)(H,51,59)(H2,61,62,63)/t34-,36-,38+,39+,40+,41+/m1/s1. The minimum atomic E-state index is -5.07. The van der Waals surface area contributed by atoms with Crippen LogP contribution in [-0.2, 0) is 66.7 Å². The van der Waals surface area contributed by atoms with Crippen molar-refractivity contribution in [3.05, 3.63) is 54.1 Å². The number of carbonyl (C=O) groups is 6. The molecule has 1 fully saturated rings. The van der Waals surface area contributed by atoms with Crippen LogP contribution in [0.15, 0.2) is 42.9 Å². The Balaban J connectivity index is 1.75. The Kier molecular flexibility index (Phi) is 25.7. The van der Waals surface area contributed by atoms with E-state index in [4.69, 9.17) is 15.2 Å². The number of nitrogens with one attached hydrogen (secondary N) is 2. The lowest BCUT2D eigenvalue weighted by Gasteiger charge is -2.28. The Hall–Kier alpha value is -4.36. The Morgan fingerprint density at radius 1 is 0.896 bits per heavy atom. The van der Waals surface area contributed by atoms with Gasteiger partial charge in [-0.1, -0.05) is 76.3 Å². The number of amides is 4. The van der Waals surface area contributed by atoms with E-state index in [1.165, 1.54) is 10.5 Å². The number of Topliss-reactive ketones (excluding diaryl/α,β-unsaturated/α-hetero) is 2. The van der Waals surface area contributed by atoms with Crippen molar-refractivity contribution in [3.63, 3.8) is 0 Å². The number of phosphoric acid groups is 1. The summed E-state index contributed by atoms with van der Waals surface area (Å²) in [5, 5.41) is 15.7. The van der Waals surface area contributed by atoms with Crippen LogP contribution >= 0.6 is 7.82 Å². The first-order valence-electron chi connectivity index (χ1n) is 23.6. The summed E-state index contributed by atoms with van der Waals surface area (Å²) in [6.07, 6.45) is 10.5. The predicted octanol–water partition coefficient (Wildman–Crippen LogP) is 3.59. The van der Waals surface area contributed by atoms with Gasteiger partial charge in [0, 0.05) is 51.4 Å². The van der Waals surface area contributed by atoms with E-state index >= 15 is 0 Å². The number of primary amides is 1. The van der Waals surface area contributed by atoms with Gasteiger partial charge in [0.15, 0.2) is 11.6 Å². The molecule has 0 saturated carbocycles. The number of likely N-dealkylation sites (tertiary alicyclic amines) is 1. The molecule has 1 aromatic carbocycles. The number of carbonyl (C=O) groups excluding carboxylic acids is 6. The maximum absolute atomic E-state index is 14.3. The van der Waals surface area contributed by atoms with E-state index in [9.17, 15) is 48.2 Å². The van der Waals surface area contributed by atoms with Gasteiger partial charge >= 0.3 is 7.82 Å². The van der Waals surface area contributed by atoms with Gasteiger partial charge in [-0.3, -0.25) is 33.3 Å². The van der Waals surface area contributed by atoms with E-state index in [0.717, 1.165) is 58.3 Å². The number of aromatic nitrogens is 2. The average Bonchev–Trinajstić information content (AvgIpc) is 3.95. The molecule has 1 aliphatic heterocycles. The Morgan fingerprint density at radius 2 is 1.57 bits per heavy atom. The third-order valence-corrected chi connectivity index (χ3v) is 12.6. The summed E-state index contributed by atoms with van der Waals surface area (Å²) in [6.45, 7) is 5.88. The smallest absolute Gasteiger partial charge is 0.394 e. The van der Waals surface area contributed by atoms with Crippen molar-refractivity contribution in [3.8, 4) is 0 Å². The second kappa shape index (κ2) is 30.2. The van der Waals surface area contributed by atoms with Gasteiger partial charge in [-0.2, -0.15) is 0 Å². The zero-order chi connectivity index (χ0) is 49.4. The van der Waals surface area contributed by atoms with Crippen LogP contribution < -0.4 is 16.4 Å². The summed E-state index contributed by atoms with van der Waals surface area (Å²) < 4.78 is 28.4. The monoisotopic (exact) mass is 963 g/mol. The third-order valence-electron chi connectivity index (χ3n) is 12.0. The summed E-state index contributed by atoms with van der Waals surface area (Å²) in [5.74, 6) is -6.62. The lowest BCUT2D eigenvalue weighted by molar-refractivity contribution is -0.140. The summed E-state index contributed by atoms with van der Waals surface area (Å²) in [7, 11) is -3.53. The fraction of sp³-hybridized carbons (Fsp3) is 0.681. The van der Waals surface area contributed by atoms with Crippen molar-refractivity contribution in [2.45, 2.75) is 148 Å². The Bertz CT molecular complexity index is 1890. The molecule has 2 heterocycles. The first-order chi connectivity index (χ1) is 31.9. The molecule has 0 radical (unpaired) electrons. The van der Waals surface area contributed by atoms with E-state index in [1.807, 2.05) is 24.5 Å². The first kappa shape index (κ1) is 57.0. The molecule has 4 amide bonds. The maximum Gasteiger partial charge on any atom is 0.469 e. The molecule has 0 spiro atoms. The highest BCUT2D eigenvalue weighted by molar-refractivity contribution is 7.46. The van der Waals surface area contributed by atoms with Gasteiger partial charge < -0.3 is 50.2 Å². The van der Waals surface area contributed by atoms with Gasteiger partial charge in [0.2, 0.25) is 23.6 Å². The number of hydrogen-bond acceptors (Lipinski definition) is 12. The fourth-order valence-corrected chi connectivity index (χ4v) is 8.89. The van der Waals surface area contributed by atoms with Gasteiger partial charge in [0.1, 0.15) is 12.1 Å². The molecule has 0 unspecified atom stereocenters. The fourth-order valence-electron chi connectivity index (χ4n) is 8.31. The highest BCUT2D eigenvalue weighted by atomic mass is 31.2. The molecule has 1 aliphatic rings. The molecule has 6 atom stereocenters. The van der Waals surface area contributed by atoms with Crippen molar-refractivity contribution < 1.29 is 62.2 Å². The van der Waals surface area contributed by atoms with Crippen molar-refractivity contribution >= 4 is 43.0 Å². The number of ether oxygens (including phenoxy) is 2. The summed E-state index contributed by atoms with van der Waals surface area (Å²) in [4.78, 5) is 106. The number of imidazole rings is 1. The lowest BCUT2D eigenvalue weighted by Crippen LogP contribution is -2.52. The molecule has 20 heteroatoms. The molecule has 376 valence electrons. The van der Waals surface area contributed by atoms with Gasteiger partial charge in [0.05, 0.1) is 63.2 Å². The number of aryl methyl sites for hydroxylation is 2. The number of phosphoric ester groups is 1. The lowest BCUT2D eigenvalue weighted by atomic mass is 9.89. The van der Waals surface area contributed by atoms with Crippen LogP contribution in [0.4, 0.5) is 0 Å². The number of hydrogen-bond donors (Lipinski definition) is 6. The number of nitrogens with zero attached hydrogens (tertiary/aromatic N) is 3. The van der Waals surface area contributed by atoms with E-state index in [1.54, 1.807) is 19.6 Å². The third kappa shape index (κ3) is 21.2. The van der Waals surface area contributed by atoms with Crippen LogP contribution in [0.25, 0.3) is 0 Å². The van der Waals surface area contributed by atoms with E-state index in [-0.39, 0.29) is 44.1 Å². The summed E-state index contributed by atoms with van der Waals surface area (Å²) in [5.41, 5.74) is 7.45. The zero-order valence-corrected chi connectivity index (χ0v) is 40.6. The molecule has 19 nitrogen and oxygen atoms in total. The topological polar surface area (TPSA) is 279 Å². The van der Waals surface area contributed by atoms with Crippen LogP contribution in [0.5, 0.6) is 0 Å². The second-order valence-corrected chi connectivity index (χ2v) is 19.1. The molecule has 0 aliphatic carbocycles. The van der Waals surface area contributed by atoms with E-state index < -0.39 is 86.2 Å². The highest BCUT2D eigenvalue weighted by Crippen LogP contribution is 2.39. The van der Waals surface area contributed by atoms with Gasteiger partial charge in [-0.05, 0) is 56.9 Å². The van der Waals surface area contributed by atoms with Crippen molar-refractivity contribution in [2.24, 2.45) is 23.5 Å². The molecule has 2 aromatic rings. The van der Waals surface area contributed by atoms with Crippen molar-refractivity contribution in [1.82, 2.24) is 25.1 Å². The molecule has 1 aromatic heterocycles. The van der Waals surface area contributed by atoms with Crippen LogP contribution in [0.2, 0.25) is 0 Å². The molecule has 7 N–H and O–H groups in total. The number of ketones is 2. The summed E-state index contributed by atoms with van der Waals surface area (Å²) in [6, 6.07) is 7.04. The normalized spacial score (nSPS) is 16.3. The largest absolute Gasteiger partial charge is 0.469 e. The van der Waals surface area contributed by atoms with Gasteiger partial charge in [0.25, 0.3) is 0 Å². The Morgan fingerprint density at radius 3 is 2.21 bits per heavy atom. The number of nitrogens with two attached hydrogens (primary N) is 1. The average molecular weight is 963 g/mol. The van der Waals surface area contributed by atoms with Gasteiger partial charge in [-0.15, -0.1) is 0 Å². The number of rotatable bonds is 35. The molecule has 67 heavy (non-hydrogen) atoms. The second-order valence-electron chi connectivity index (χ2n) is 17.9. The molecule has 1 saturated heterocycles. The highest BCUT2D eigenvalue weighted by Gasteiger charge is 2.38. The SMILES string of the molecule is COCCOCCC(=O)N1CCC[C@H]1C(=O)N[C@@H](CC(C)C)C(=O)C[C@@H](Cc1cncn1CCCCCCCCCc1ccccc1)C(=O)N[C@@H](CO)C(=O)C[C@H](C(N)=O)[C@@H](C)OP(=O)(O)O. The molecular weight excluding hydrogens is 888 g/mol. The quantitative estimate of drug-likeness (QED) is 0.0426. The molecular formula is C47H75N6O13P. The number of methoxy groups -OCH3 is 1. The van der Waals surface area contributed by atoms with Crippen molar-refractivity contribution in [2.75, 3.05) is 40.1 Å². The number of unbranched alkanes of at least 4 members (excludes halogenated alkanes) is 6. The number of aliphatic hydroxyl groups excluding tert-OH is 1. The molecule has 3 rings (SSSR count). The summed E-state index contributed by atoms with van der Waals surface area (Å²) >= 11 is 0. The van der Waals surface area contributed by atoms with Crippen LogP contribution in [0.1, 0.15) is 115 Å². The molecule has 0 bridgehead atoms. The van der Waals surface area contributed by atoms with E-state index in [0.29, 0.717) is 44.8 Å². The van der Waals surface area contributed by atoms with Crippen molar-refractivity contribution in [1.29, 1.82) is 0 Å². The van der Waals surface area contributed by atoms with Crippen LogP contribution in [0, 0.1) is 17.8 Å².